The zero-order valence-electron chi connectivity index (χ0n) is 13.4. The molecule has 26 heavy (non-hydrogen) atoms. The molecule has 6 nitrogen and oxygen atoms in total. The van der Waals surface area contributed by atoms with Gasteiger partial charge in [0.25, 0.3) is 11.8 Å². The van der Waals surface area contributed by atoms with Crippen LogP contribution < -0.4 is 5.32 Å². The standard InChI is InChI=1S/C17H13BrF2N4O2/c18-10-1-2-12-13(3-4-22-14(12)5-10)16(26)23-8-15(25)24-9-17(19,20)6-11(24)7-21/h1-5,11H,6,8-9H2,(H,23,26). The number of halogens is 3. The molecule has 1 fully saturated rings. The van der Waals surface area contributed by atoms with Gasteiger partial charge in [-0.2, -0.15) is 5.26 Å². The minimum atomic E-state index is -3.09. The van der Waals surface area contributed by atoms with Gasteiger partial charge in [-0.25, -0.2) is 8.78 Å². The number of rotatable bonds is 3. The maximum Gasteiger partial charge on any atom is 0.268 e. The van der Waals surface area contributed by atoms with Crippen molar-refractivity contribution in [2.75, 3.05) is 13.1 Å². The van der Waals surface area contributed by atoms with Crippen molar-refractivity contribution >= 4 is 38.6 Å². The summed E-state index contributed by atoms with van der Waals surface area (Å²) in [6, 6.07) is 7.25. The highest BCUT2D eigenvalue weighted by molar-refractivity contribution is 9.10. The number of carbonyl (C=O) groups excluding carboxylic acids is 2. The van der Waals surface area contributed by atoms with Crippen molar-refractivity contribution in [3.63, 3.8) is 0 Å². The van der Waals surface area contributed by atoms with Crippen LogP contribution in [-0.4, -0.2) is 46.8 Å². The Kier molecular flexibility index (Phi) is 4.87. The minimum absolute atomic E-state index is 0.318. The van der Waals surface area contributed by atoms with Gasteiger partial charge in [0.1, 0.15) is 6.04 Å². The molecule has 1 atom stereocenters. The third-order valence-electron chi connectivity index (χ3n) is 4.09. The lowest BCUT2D eigenvalue weighted by Gasteiger charge is -2.19. The lowest BCUT2D eigenvalue weighted by atomic mass is 10.1. The van der Waals surface area contributed by atoms with Crippen LogP contribution in [0.1, 0.15) is 16.8 Å². The zero-order chi connectivity index (χ0) is 18.9. The van der Waals surface area contributed by atoms with E-state index >= 15 is 0 Å². The summed E-state index contributed by atoms with van der Waals surface area (Å²) in [6.07, 6.45) is 0.783. The monoisotopic (exact) mass is 422 g/mol. The van der Waals surface area contributed by atoms with Crippen LogP contribution >= 0.6 is 15.9 Å². The van der Waals surface area contributed by atoms with E-state index in [-0.39, 0.29) is 0 Å². The summed E-state index contributed by atoms with van der Waals surface area (Å²) in [4.78, 5) is 29.5. The second-order valence-electron chi connectivity index (χ2n) is 5.93. The highest BCUT2D eigenvalue weighted by Crippen LogP contribution is 2.31. The molecule has 0 radical (unpaired) electrons. The number of nitriles is 1. The molecule has 3 rings (SSSR count). The van der Waals surface area contributed by atoms with E-state index in [1.54, 1.807) is 24.3 Å². The van der Waals surface area contributed by atoms with Gasteiger partial charge in [0.15, 0.2) is 0 Å². The highest BCUT2D eigenvalue weighted by atomic mass is 79.9. The van der Waals surface area contributed by atoms with Crippen molar-refractivity contribution in [2.45, 2.75) is 18.4 Å². The molecule has 2 aromatic rings. The average Bonchev–Trinajstić information content (AvgIpc) is 2.93. The summed E-state index contributed by atoms with van der Waals surface area (Å²) < 4.78 is 27.6. The maximum absolute atomic E-state index is 13.4. The minimum Gasteiger partial charge on any atom is -0.343 e. The number of nitrogens with zero attached hydrogens (tertiary/aromatic N) is 3. The van der Waals surface area contributed by atoms with Crippen LogP contribution in [0.25, 0.3) is 10.9 Å². The SMILES string of the molecule is N#CC1CC(F)(F)CN1C(=O)CNC(=O)c1ccnc2cc(Br)ccc12. The number of fused-ring (bicyclic) bond motifs is 1. The summed E-state index contributed by atoms with van der Waals surface area (Å²) in [6.45, 7) is -1.28. The van der Waals surface area contributed by atoms with Crippen LogP contribution in [0, 0.1) is 11.3 Å². The van der Waals surface area contributed by atoms with E-state index < -0.39 is 43.3 Å². The fourth-order valence-electron chi connectivity index (χ4n) is 2.87. The Hall–Kier alpha value is -2.60. The number of amides is 2. The quantitative estimate of drug-likeness (QED) is 0.822. The highest BCUT2D eigenvalue weighted by Gasteiger charge is 2.47. The average molecular weight is 423 g/mol. The third kappa shape index (κ3) is 3.65. The number of likely N-dealkylation sites (tertiary alicyclic amines) is 1. The summed E-state index contributed by atoms with van der Waals surface area (Å²) in [7, 11) is 0. The van der Waals surface area contributed by atoms with Crippen LogP contribution in [0.15, 0.2) is 34.9 Å². The predicted molar refractivity (Wildman–Crippen MR) is 92.5 cm³/mol. The van der Waals surface area contributed by atoms with Crippen molar-refractivity contribution in [1.82, 2.24) is 15.2 Å². The fraction of sp³-hybridized carbons (Fsp3) is 0.294. The number of benzene rings is 1. The van der Waals surface area contributed by atoms with Crippen molar-refractivity contribution in [3.05, 3.63) is 40.5 Å². The summed E-state index contributed by atoms with van der Waals surface area (Å²) in [5, 5.41) is 12.0. The first-order chi connectivity index (χ1) is 12.3. The zero-order valence-corrected chi connectivity index (χ0v) is 15.0. The smallest absolute Gasteiger partial charge is 0.268 e. The first kappa shape index (κ1) is 18.2. The Bertz CT molecular complexity index is 929. The molecule has 1 aromatic carbocycles. The number of carbonyl (C=O) groups is 2. The number of pyridine rings is 1. The normalized spacial score (nSPS) is 18.5. The van der Waals surface area contributed by atoms with Crippen molar-refractivity contribution < 1.29 is 18.4 Å². The molecule has 0 spiro atoms. The second kappa shape index (κ2) is 6.96. The Morgan fingerprint density at radius 1 is 1.42 bits per heavy atom. The van der Waals surface area contributed by atoms with Crippen LogP contribution in [0.5, 0.6) is 0 Å². The molecular formula is C17H13BrF2N4O2. The van der Waals surface area contributed by atoms with Crippen molar-refractivity contribution in [3.8, 4) is 6.07 Å². The van der Waals surface area contributed by atoms with Crippen LogP contribution in [0.2, 0.25) is 0 Å². The van der Waals surface area contributed by atoms with E-state index in [0.717, 1.165) is 9.37 Å². The second-order valence-corrected chi connectivity index (χ2v) is 6.84. The molecule has 9 heteroatoms. The summed E-state index contributed by atoms with van der Waals surface area (Å²) in [5.74, 6) is -4.33. The molecule has 1 aliphatic heterocycles. The molecule has 2 heterocycles. The van der Waals surface area contributed by atoms with Gasteiger partial charge in [-0.05, 0) is 18.2 Å². The van der Waals surface area contributed by atoms with E-state index in [1.165, 1.54) is 12.3 Å². The van der Waals surface area contributed by atoms with Crippen LogP contribution in [0.3, 0.4) is 0 Å². The first-order valence-corrected chi connectivity index (χ1v) is 8.49. The molecule has 1 unspecified atom stereocenters. The molecule has 134 valence electrons. The first-order valence-electron chi connectivity index (χ1n) is 7.70. The molecule has 1 N–H and O–H groups in total. The molecule has 2 amide bonds. The Morgan fingerprint density at radius 2 is 2.19 bits per heavy atom. The van der Waals surface area contributed by atoms with Crippen molar-refractivity contribution in [2.24, 2.45) is 0 Å². The Morgan fingerprint density at radius 3 is 2.92 bits per heavy atom. The molecule has 1 aliphatic rings. The van der Waals surface area contributed by atoms with Gasteiger partial charge in [0.2, 0.25) is 5.91 Å². The van der Waals surface area contributed by atoms with Crippen LogP contribution in [-0.2, 0) is 4.79 Å². The van der Waals surface area contributed by atoms with Gasteiger partial charge in [-0.15, -0.1) is 0 Å². The number of alkyl halides is 2. The predicted octanol–water partition coefficient (Wildman–Crippen LogP) is 2.49. The number of aromatic nitrogens is 1. The van der Waals surface area contributed by atoms with Gasteiger partial charge in [-0.1, -0.05) is 22.0 Å². The van der Waals surface area contributed by atoms with E-state index in [1.807, 2.05) is 0 Å². The molecule has 0 bridgehead atoms. The number of hydrogen-bond donors (Lipinski definition) is 1. The summed E-state index contributed by atoms with van der Waals surface area (Å²) >= 11 is 3.32. The third-order valence-corrected chi connectivity index (χ3v) is 4.58. The van der Waals surface area contributed by atoms with Gasteiger partial charge >= 0.3 is 0 Å². The number of nitrogens with one attached hydrogen (secondary N) is 1. The van der Waals surface area contributed by atoms with Gasteiger partial charge in [0, 0.05) is 22.5 Å². The van der Waals surface area contributed by atoms with Gasteiger partial charge in [0.05, 0.1) is 30.2 Å². The Labute approximate surface area is 155 Å². The lowest BCUT2D eigenvalue weighted by Crippen LogP contribution is -2.43. The maximum atomic E-state index is 13.4. The van der Waals surface area contributed by atoms with E-state index in [0.29, 0.717) is 16.5 Å². The van der Waals surface area contributed by atoms with Crippen LogP contribution in [0.4, 0.5) is 8.78 Å². The topological polar surface area (TPSA) is 86.1 Å². The molecule has 1 saturated heterocycles. The van der Waals surface area contributed by atoms with E-state index in [4.69, 9.17) is 5.26 Å². The number of hydrogen-bond acceptors (Lipinski definition) is 4. The lowest BCUT2D eigenvalue weighted by molar-refractivity contribution is -0.131. The van der Waals surface area contributed by atoms with E-state index in [9.17, 15) is 18.4 Å². The van der Waals surface area contributed by atoms with Gasteiger partial charge in [-0.3, -0.25) is 14.6 Å². The largest absolute Gasteiger partial charge is 0.343 e. The summed E-state index contributed by atoms with van der Waals surface area (Å²) in [5.41, 5.74) is 0.918. The van der Waals surface area contributed by atoms with Gasteiger partial charge < -0.3 is 10.2 Å². The molecular weight excluding hydrogens is 410 g/mol. The molecule has 0 saturated carbocycles. The Balaban J connectivity index is 1.72. The fourth-order valence-corrected chi connectivity index (χ4v) is 3.22. The van der Waals surface area contributed by atoms with E-state index in [2.05, 4.69) is 26.2 Å². The molecule has 1 aromatic heterocycles. The van der Waals surface area contributed by atoms with Crippen molar-refractivity contribution in [1.29, 1.82) is 5.26 Å². The molecule has 0 aliphatic carbocycles.